The van der Waals surface area contributed by atoms with Gasteiger partial charge in [-0.25, -0.2) is 0 Å². The lowest BCUT2D eigenvalue weighted by Crippen LogP contribution is -2.31. The summed E-state index contributed by atoms with van der Waals surface area (Å²) in [5, 5.41) is 2.44. The van der Waals surface area contributed by atoms with Crippen LogP contribution in [0, 0.1) is 0 Å². The maximum absolute atomic E-state index is 2.55. The van der Waals surface area contributed by atoms with Crippen molar-refractivity contribution >= 4 is 44.9 Å². The number of rotatable bonds is 6. The molecule has 0 amide bonds. The minimum Gasteiger partial charge on any atom is -0.310 e. The van der Waals surface area contributed by atoms with Crippen molar-refractivity contribution in [3.8, 4) is 33.4 Å². The molecule has 0 unspecified atom stereocenters. The van der Waals surface area contributed by atoms with Crippen molar-refractivity contribution in [2.75, 3.05) is 9.80 Å². The number of anilines is 6. The normalized spacial score (nSPS) is 14.2. The van der Waals surface area contributed by atoms with Crippen molar-refractivity contribution in [1.82, 2.24) is 0 Å². The Kier molecular flexibility index (Phi) is 8.22. The third kappa shape index (κ3) is 5.55. The van der Waals surface area contributed by atoms with Gasteiger partial charge < -0.3 is 9.80 Å². The molecule has 0 bridgehead atoms. The molecule has 0 N–H and O–H groups in total. The Balaban J connectivity index is 1.08. The largest absolute Gasteiger partial charge is 0.310 e. The lowest BCUT2D eigenvalue weighted by Gasteiger charge is -2.43. The van der Waals surface area contributed by atoms with Crippen LogP contribution in [0.25, 0.3) is 44.2 Å². The number of hydrogen-bond acceptors (Lipinski definition) is 2. The van der Waals surface area contributed by atoms with E-state index in [4.69, 9.17) is 0 Å². The van der Waals surface area contributed by atoms with Gasteiger partial charge in [0.2, 0.25) is 0 Å². The Hall–Kier alpha value is -7.16. The molecule has 0 saturated carbocycles. The van der Waals surface area contributed by atoms with Gasteiger partial charge in [0.15, 0.2) is 0 Å². The number of benzene rings is 9. The fourth-order valence-electron chi connectivity index (χ4n) is 10.1. The molecule has 9 aromatic carbocycles. The van der Waals surface area contributed by atoms with Crippen LogP contribution in [0.4, 0.5) is 34.1 Å². The topological polar surface area (TPSA) is 6.48 Å². The van der Waals surface area contributed by atoms with Crippen molar-refractivity contribution in [2.45, 2.75) is 38.5 Å². The predicted octanol–water partition coefficient (Wildman–Crippen LogP) is 16.1. The maximum Gasteiger partial charge on any atom is 0.0618 e. The molecular weight excluding hydrogens is 725 g/mol. The van der Waals surface area contributed by atoms with E-state index in [1.807, 2.05) is 0 Å². The van der Waals surface area contributed by atoms with Crippen LogP contribution in [0.5, 0.6) is 0 Å². The quantitative estimate of drug-likeness (QED) is 0.166. The summed E-state index contributed by atoms with van der Waals surface area (Å²) in [5.74, 6) is 0. The van der Waals surface area contributed by atoms with Crippen LogP contribution in [0.3, 0.4) is 0 Å². The maximum atomic E-state index is 2.55. The van der Waals surface area contributed by atoms with Gasteiger partial charge in [-0.05, 0) is 104 Å². The zero-order valence-electron chi connectivity index (χ0n) is 34.5. The second-order valence-corrected chi connectivity index (χ2v) is 17.4. The second kappa shape index (κ2) is 13.7. The molecule has 0 atom stereocenters. The Morgan fingerprint density at radius 1 is 0.350 bits per heavy atom. The molecule has 2 heteroatoms. The molecule has 11 rings (SSSR count). The summed E-state index contributed by atoms with van der Waals surface area (Å²) in [6.45, 7) is 9.44. The first kappa shape index (κ1) is 36.0. The average molecular weight is 771 g/mol. The summed E-state index contributed by atoms with van der Waals surface area (Å²) in [6, 6.07) is 76.1. The van der Waals surface area contributed by atoms with E-state index in [-0.39, 0.29) is 10.8 Å². The van der Waals surface area contributed by atoms with Crippen LogP contribution >= 0.6 is 0 Å². The van der Waals surface area contributed by atoms with Gasteiger partial charge in [-0.3, -0.25) is 0 Å². The molecule has 0 spiro atoms. The van der Waals surface area contributed by atoms with Crippen molar-refractivity contribution in [2.24, 2.45) is 0 Å². The molecular formula is C58H46N2. The van der Waals surface area contributed by atoms with Crippen molar-refractivity contribution in [3.63, 3.8) is 0 Å². The van der Waals surface area contributed by atoms with Crippen molar-refractivity contribution in [3.05, 3.63) is 229 Å². The minimum absolute atomic E-state index is 0.0939. The van der Waals surface area contributed by atoms with Crippen LogP contribution in [0.1, 0.15) is 49.9 Å². The molecule has 60 heavy (non-hydrogen) atoms. The molecule has 0 saturated heterocycles. The number of fused-ring (bicyclic) bond motifs is 6. The number of hydrogen-bond donors (Lipinski definition) is 0. The van der Waals surface area contributed by atoms with Crippen molar-refractivity contribution < 1.29 is 0 Å². The van der Waals surface area contributed by atoms with Crippen LogP contribution in [-0.2, 0) is 10.8 Å². The molecule has 288 valence electrons. The Labute approximate surface area is 353 Å². The summed E-state index contributed by atoms with van der Waals surface area (Å²) in [6.07, 6.45) is 0. The van der Waals surface area contributed by atoms with Gasteiger partial charge in [-0.2, -0.15) is 0 Å². The van der Waals surface area contributed by atoms with E-state index in [1.54, 1.807) is 0 Å². The molecule has 0 fully saturated rings. The van der Waals surface area contributed by atoms with E-state index in [0.717, 1.165) is 17.1 Å². The molecule has 1 heterocycles. The monoisotopic (exact) mass is 770 g/mol. The fraction of sp³-hybridized carbons (Fsp3) is 0.103. The highest BCUT2D eigenvalue weighted by molar-refractivity contribution is 6.08. The molecule has 1 aliphatic heterocycles. The average Bonchev–Trinajstić information content (AvgIpc) is 3.52. The molecule has 9 aromatic rings. The van der Waals surface area contributed by atoms with Gasteiger partial charge in [0.25, 0.3) is 0 Å². The number of para-hydroxylation sites is 2. The fourth-order valence-corrected chi connectivity index (χ4v) is 10.1. The molecule has 0 aromatic heterocycles. The highest BCUT2D eigenvalue weighted by atomic mass is 15.2. The van der Waals surface area contributed by atoms with Gasteiger partial charge in [0.1, 0.15) is 0 Å². The Morgan fingerprint density at radius 2 is 0.917 bits per heavy atom. The van der Waals surface area contributed by atoms with E-state index in [1.165, 1.54) is 83.5 Å². The Bertz CT molecular complexity index is 3090. The van der Waals surface area contributed by atoms with E-state index in [2.05, 4.69) is 244 Å². The van der Waals surface area contributed by atoms with Crippen molar-refractivity contribution in [1.29, 1.82) is 0 Å². The van der Waals surface area contributed by atoms with E-state index >= 15 is 0 Å². The summed E-state index contributed by atoms with van der Waals surface area (Å²) in [7, 11) is 0. The van der Waals surface area contributed by atoms with Crippen LogP contribution in [0.15, 0.2) is 206 Å². The molecule has 0 radical (unpaired) electrons. The first-order valence-electron chi connectivity index (χ1n) is 21.1. The Morgan fingerprint density at radius 3 is 1.72 bits per heavy atom. The zero-order chi connectivity index (χ0) is 40.6. The first-order chi connectivity index (χ1) is 29.3. The number of nitrogens with zero attached hydrogens (tertiary/aromatic N) is 2. The molecule has 2 nitrogen and oxygen atoms in total. The van der Waals surface area contributed by atoms with Gasteiger partial charge in [-0.1, -0.05) is 185 Å². The van der Waals surface area contributed by atoms with E-state index in [0.29, 0.717) is 0 Å². The van der Waals surface area contributed by atoms with Gasteiger partial charge >= 0.3 is 0 Å². The summed E-state index contributed by atoms with van der Waals surface area (Å²) in [4.78, 5) is 4.95. The standard InChI is InChI=1S/C58H46N2/c1-57(2)50-24-14-13-23-48(50)49-35-33-45(38-53(49)57)59(43-20-9-6-10-21-43)44-31-27-41(28-32-44)47-34-29-40-19-11-12-22-46(40)56(47)60-54-26-16-15-25-51(54)58(3,4)52-36-30-42(37-55(52)60)39-17-7-5-8-18-39/h5-38H,1-4H3. The van der Waals surface area contributed by atoms with Gasteiger partial charge in [-0.15, -0.1) is 0 Å². The highest BCUT2D eigenvalue weighted by Crippen LogP contribution is 2.56. The van der Waals surface area contributed by atoms with E-state index < -0.39 is 0 Å². The summed E-state index contributed by atoms with van der Waals surface area (Å²) >= 11 is 0. The molecule has 1 aliphatic carbocycles. The molecule has 2 aliphatic rings. The zero-order valence-corrected chi connectivity index (χ0v) is 34.5. The van der Waals surface area contributed by atoms with Gasteiger partial charge in [0, 0.05) is 38.8 Å². The van der Waals surface area contributed by atoms with Crippen LogP contribution in [-0.4, -0.2) is 0 Å². The van der Waals surface area contributed by atoms with E-state index in [9.17, 15) is 0 Å². The first-order valence-corrected chi connectivity index (χ1v) is 21.1. The lowest BCUT2D eigenvalue weighted by molar-refractivity contribution is 0.632. The van der Waals surface area contributed by atoms with Crippen LogP contribution in [0.2, 0.25) is 0 Å². The van der Waals surface area contributed by atoms with Crippen LogP contribution < -0.4 is 9.80 Å². The third-order valence-corrected chi connectivity index (χ3v) is 13.2. The SMILES string of the molecule is CC1(C)c2ccccc2-c2ccc(N(c3ccccc3)c3ccc(-c4ccc5ccccc5c4N4c5ccccc5C(C)(C)c5ccc(-c6ccccc6)cc54)cc3)cc21. The smallest absolute Gasteiger partial charge is 0.0618 e. The summed E-state index contributed by atoms with van der Waals surface area (Å²) in [5.41, 5.74) is 19.5. The van der Waals surface area contributed by atoms with Gasteiger partial charge in [0.05, 0.1) is 17.1 Å². The third-order valence-electron chi connectivity index (χ3n) is 13.2. The second-order valence-electron chi connectivity index (χ2n) is 17.4. The lowest BCUT2D eigenvalue weighted by atomic mass is 9.73. The summed E-state index contributed by atoms with van der Waals surface area (Å²) < 4.78 is 0. The highest BCUT2D eigenvalue weighted by Gasteiger charge is 2.39. The minimum atomic E-state index is -0.194. The predicted molar refractivity (Wildman–Crippen MR) is 254 cm³/mol.